The lowest BCUT2D eigenvalue weighted by atomic mass is 10.0. The van der Waals surface area contributed by atoms with Gasteiger partial charge in [-0.3, -0.25) is 4.68 Å². The van der Waals surface area contributed by atoms with Crippen molar-refractivity contribution >= 4 is 50.4 Å². The minimum absolute atomic E-state index is 0. The van der Waals surface area contributed by atoms with E-state index in [0.717, 1.165) is 45.7 Å². The van der Waals surface area contributed by atoms with Gasteiger partial charge < -0.3 is 5.32 Å². The number of aryl methyl sites for hydroxylation is 1. The van der Waals surface area contributed by atoms with Gasteiger partial charge in [-0.15, -0.1) is 23.7 Å². The monoisotopic (exact) mass is 425 g/mol. The molecule has 146 valence electrons. The molecule has 2 aromatic heterocycles. The molecule has 0 saturated carbocycles. The van der Waals surface area contributed by atoms with Crippen LogP contribution >= 0.6 is 23.7 Å². The summed E-state index contributed by atoms with van der Waals surface area (Å²) in [5.74, 6) is -0.339. The van der Waals surface area contributed by atoms with E-state index in [-0.39, 0.29) is 18.2 Å². The van der Waals surface area contributed by atoms with Gasteiger partial charge in [0.2, 0.25) is 0 Å². The van der Waals surface area contributed by atoms with Gasteiger partial charge in [0.1, 0.15) is 22.1 Å². The Balaban J connectivity index is 0.00000205. The molecule has 0 amide bonds. The first-order chi connectivity index (χ1) is 13.6. The number of fused-ring (bicyclic) bond motifs is 2. The molecule has 0 bridgehead atoms. The molecule has 8 heteroatoms. The zero-order valence-electron chi connectivity index (χ0n) is 15.6. The van der Waals surface area contributed by atoms with Crippen LogP contribution in [0.15, 0.2) is 36.5 Å². The number of nitrogens with zero attached hydrogens (tertiary/aromatic N) is 4. The number of hydrogen-bond acceptors (Lipinski definition) is 5. The molecule has 29 heavy (non-hydrogen) atoms. The normalized spacial score (nSPS) is 13.9. The first-order valence-corrected chi connectivity index (χ1v) is 9.82. The van der Waals surface area contributed by atoms with Crippen LogP contribution in [0.3, 0.4) is 0 Å². The highest BCUT2D eigenvalue weighted by Crippen LogP contribution is 2.35. The minimum atomic E-state index is -0.339. The average molecular weight is 426 g/mol. The lowest BCUT2D eigenvalue weighted by molar-refractivity contribution is 0.637. The van der Waals surface area contributed by atoms with Gasteiger partial charge in [0.25, 0.3) is 0 Å². The zero-order valence-corrected chi connectivity index (χ0v) is 17.2. The van der Waals surface area contributed by atoms with E-state index in [1.54, 1.807) is 10.7 Å². The number of halogens is 2. The van der Waals surface area contributed by atoms with Crippen LogP contribution in [-0.2, 0) is 7.05 Å². The van der Waals surface area contributed by atoms with E-state index in [1.165, 1.54) is 23.0 Å². The lowest BCUT2D eigenvalue weighted by Crippen LogP contribution is -2.19. The van der Waals surface area contributed by atoms with Crippen LogP contribution in [0.2, 0.25) is 0 Å². The molecule has 0 spiro atoms. The van der Waals surface area contributed by atoms with Crippen molar-refractivity contribution < 1.29 is 4.39 Å². The molecule has 0 atom stereocenters. The summed E-state index contributed by atoms with van der Waals surface area (Å²) in [6.45, 7) is 1.73. The zero-order chi connectivity index (χ0) is 19.3. The van der Waals surface area contributed by atoms with E-state index in [1.807, 2.05) is 25.4 Å². The third-order valence-electron chi connectivity index (χ3n) is 4.96. The van der Waals surface area contributed by atoms with E-state index in [2.05, 4.69) is 27.5 Å². The second-order valence-electron chi connectivity index (χ2n) is 6.88. The van der Waals surface area contributed by atoms with Crippen molar-refractivity contribution in [1.29, 1.82) is 5.26 Å². The maximum atomic E-state index is 14.8. The quantitative estimate of drug-likeness (QED) is 0.507. The molecule has 0 fully saturated rings. The van der Waals surface area contributed by atoms with E-state index in [0.29, 0.717) is 16.6 Å². The molecule has 4 aromatic rings. The number of nitriles is 1. The van der Waals surface area contributed by atoms with Crippen LogP contribution in [0, 0.1) is 17.1 Å². The van der Waals surface area contributed by atoms with Crippen molar-refractivity contribution in [2.45, 2.75) is 6.42 Å². The molecule has 2 aromatic carbocycles. The molecule has 0 radical (unpaired) electrons. The average Bonchev–Trinajstić information content (AvgIpc) is 3.30. The second kappa shape index (κ2) is 7.56. The standard InChI is InChI=1S/C21H16FN5S.ClH/c1-27-11-16-7-13(6-15(10-23)19(16)26-27)14-8-17(22)20-18(9-14)28-21(25-20)12-2-4-24-5-3-12;/h2,6-9,11,24H,3-5H2,1H3;1H. The van der Waals surface area contributed by atoms with E-state index >= 15 is 0 Å². The molecule has 0 aliphatic carbocycles. The first-order valence-electron chi connectivity index (χ1n) is 9.00. The number of rotatable bonds is 2. The molecule has 5 nitrogen and oxygen atoms in total. The number of thiazole rings is 1. The SMILES string of the molecule is Cl.Cn1cc2cc(-c3cc(F)c4nc(C5=CCNCC5)sc4c3)cc(C#N)c2n1. The van der Waals surface area contributed by atoms with Gasteiger partial charge in [-0.2, -0.15) is 10.4 Å². The maximum absolute atomic E-state index is 14.8. The molecule has 0 saturated heterocycles. The predicted molar refractivity (Wildman–Crippen MR) is 117 cm³/mol. The minimum Gasteiger partial charge on any atom is -0.313 e. The fraction of sp³-hybridized carbons (Fsp3) is 0.190. The van der Waals surface area contributed by atoms with E-state index < -0.39 is 0 Å². The van der Waals surface area contributed by atoms with E-state index in [4.69, 9.17) is 0 Å². The molecule has 1 aliphatic heterocycles. The summed E-state index contributed by atoms with van der Waals surface area (Å²) in [5.41, 5.74) is 4.26. The topological polar surface area (TPSA) is 66.5 Å². The summed E-state index contributed by atoms with van der Waals surface area (Å²) >= 11 is 1.52. The Morgan fingerprint density at radius 2 is 2.03 bits per heavy atom. The molecule has 1 aliphatic rings. The fourth-order valence-electron chi connectivity index (χ4n) is 3.62. The number of nitrogens with one attached hydrogen (secondary N) is 1. The number of hydrogen-bond donors (Lipinski definition) is 1. The van der Waals surface area contributed by atoms with Crippen molar-refractivity contribution in [3.05, 3.63) is 52.9 Å². The van der Waals surface area contributed by atoms with Gasteiger partial charge in [0, 0.05) is 25.2 Å². The highest BCUT2D eigenvalue weighted by molar-refractivity contribution is 7.19. The van der Waals surface area contributed by atoms with Crippen LogP contribution in [-0.4, -0.2) is 27.9 Å². The van der Waals surface area contributed by atoms with Crippen molar-refractivity contribution in [2.75, 3.05) is 13.1 Å². The molecule has 5 rings (SSSR count). The Labute approximate surface area is 176 Å². The van der Waals surface area contributed by atoms with Crippen molar-refractivity contribution in [2.24, 2.45) is 7.05 Å². The summed E-state index contributed by atoms with van der Waals surface area (Å²) in [5, 5.41) is 18.9. The molecular weight excluding hydrogens is 409 g/mol. The number of aromatic nitrogens is 3. The highest BCUT2D eigenvalue weighted by Gasteiger charge is 2.16. The van der Waals surface area contributed by atoms with Crippen molar-refractivity contribution in [3.63, 3.8) is 0 Å². The Morgan fingerprint density at radius 3 is 2.79 bits per heavy atom. The Hall–Kier alpha value is -2.79. The summed E-state index contributed by atoms with van der Waals surface area (Å²) in [6, 6.07) is 9.38. The summed E-state index contributed by atoms with van der Waals surface area (Å²) < 4.78 is 17.3. The van der Waals surface area contributed by atoms with E-state index in [9.17, 15) is 9.65 Å². The molecule has 3 heterocycles. The van der Waals surface area contributed by atoms with Crippen LogP contribution < -0.4 is 5.32 Å². The van der Waals surface area contributed by atoms with Gasteiger partial charge in [-0.1, -0.05) is 6.08 Å². The van der Waals surface area contributed by atoms with Crippen LogP contribution in [0.4, 0.5) is 4.39 Å². The maximum Gasteiger partial charge on any atom is 0.150 e. The summed E-state index contributed by atoms with van der Waals surface area (Å²) in [6.07, 6.45) is 4.88. The van der Waals surface area contributed by atoms with Gasteiger partial charge in [-0.25, -0.2) is 9.37 Å². The smallest absolute Gasteiger partial charge is 0.150 e. The highest BCUT2D eigenvalue weighted by atomic mass is 35.5. The summed E-state index contributed by atoms with van der Waals surface area (Å²) in [7, 11) is 1.82. The largest absolute Gasteiger partial charge is 0.313 e. The third-order valence-corrected chi connectivity index (χ3v) is 6.04. The van der Waals surface area contributed by atoms with Crippen LogP contribution in [0.25, 0.3) is 37.8 Å². The first kappa shape index (κ1) is 19.5. The molecular formula is C21H17ClFN5S. The van der Waals surface area contributed by atoms with Crippen molar-refractivity contribution in [3.8, 4) is 17.2 Å². The molecule has 1 N–H and O–H groups in total. The Morgan fingerprint density at radius 1 is 1.21 bits per heavy atom. The fourth-order valence-corrected chi connectivity index (χ4v) is 4.70. The van der Waals surface area contributed by atoms with Gasteiger partial charge in [0.05, 0.1) is 10.3 Å². The predicted octanol–water partition coefficient (Wildman–Crippen LogP) is 4.66. The van der Waals surface area contributed by atoms with Gasteiger partial charge in [0.15, 0.2) is 5.82 Å². The number of benzene rings is 2. The van der Waals surface area contributed by atoms with Crippen LogP contribution in [0.5, 0.6) is 0 Å². The lowest BCUT2D eigenvalue weighted by Gasteiger charge is -2.10. The third kappa shape index (κ3) is 3.40. The van der Waals surface area contributed by atoms with Crippen molar-refractivity contribution in [1.82, 2.24) is 20.1 Å². The van der Waals surface area contributed by atoms with Gasteiger partial charge in [-0.05, 0) is 53.9 Å². The van der Waals surface area contributed by atoms with Gasteiger partial charge >= 0.3 is 0 Å². The Bertz CT molecular complexity index is 1310. The Kier molecular flexibility index (Phi) is 5.09. The summed E-state index contributed by atoms with van der Waals surface area (Å²) in [4.78, 5) is 4.54. The van der Waals surface area contributed by atoms with Crippen LogP contribution in [0.1, 0.15) is 17.0 Å². The second-order valence-corrected chi connectivity index (χ2v) is 7.91. The molecule has 0 unspecified atom stereocenters.